The van der Waals surface area contributed by atoms with Gasteiger partial charge in [-0.1, -0.05) is 18.2 Å². The van der Waals surface area contributed by atoms with Crippen molar-refractivity contribution in [2.24, 2.45) is 0 Å². The zero-order valence-corrected chi connectivity index (χ0v) is 11.5. The minimum absolute atomic E-state index is 0.117. The van der Waals surface area contributed by atoms with Gasteiger partial charge in [0.2, 0.25) is 0 Å². The molecule has 1 atom stereocenters. The van der Waals surface area contributed by atoms with E-state index in [0.717, 1.165) is 0 Å². The molecule has 0 spiro atoms. The highest BCUT2D eigenvalue weighted by atomic mass is 16.7. The Bertz CT molecular complexity index is 635. The van der Waals surface area contributed by atoms with Gasteiger partial charge in [-0.05, 0) is 36.4 Å². The molecule has 6 heteroatoms. The van der Waals surface area contributed by atoms with Gasteiger partial charge in [0.05, 0.1) is 5.56 Å². The second-order valence-corrected chi connectivity index (χ2v) is 4.41. The van der Waals surface area contributed by atoms with Crippen LogP contribution in [0, 0.1) is 0 Å². The van der Waals surface area contributed by atoms with Gasteiger partial charge in [0.15, 0.2) is 0 Å². The van der Waals surface area contributed by atoms with Crippen LogP contribution in [0.5, 0.6) is 11.5 Å². The summed E-state index contributed by atoms with van der Waals surface area (Å²) < 4.78 is 11.0. The van der Waals surface area contributed by atoms with Crippen molar-refractivity contribution in [1.82, 2.24) is 0 Å². The standard InChI is InChI=1S/C16H14O6/c17-14(18)10-15(21-12-4-2-1-3-5-12)22-13-8-6-11(7-9-13)16(19)20/h1-9,15H,10H2,(H,17,18)(H,19,20). The Morgan fingerprint density at radius 2 is 1.41 bits per heavy atom. The van der Waals surface area contributed by atoms with Crippen LogP contribution in [-0.4, -0.2) is 28.4 Å². The molecule has 22 heavy (non-hydrogen) atoms. The summed E-state index contributed by atoms with van der Waals surface area (Å²) in [4.78, 5) is 21.7. The summed E-state index contributed by atoms with van der Waals surface area (Å²) in [6, 6.07) is 14.3. The van der Waals surface area contributed by atoms with Crippen LogP contribution in [0.4, 0.5) is 0 Å². The first kappa shape index (κ1) is 15.4. The first-order valence-electron chi connectivity index (χ1n) is 6.48. The van der Waals surface area contributed by atoms with Crippen LogP contribution in [0.25, 0.3) is 0 Å². The Kier molecular flexibility index (Phi) is 4.98. The van der Waals surface area contributed by atoms with E-state index in [4.69, 9.17) is 19.7 Å². The topological polar surface area (TPSA) is 93.1 Å². The third-order valence-electron chi connectivity index (χ3n) is 2.72. The maximum Gasteiger partial charge on any atom is 0.335 e. The molecule has 0 fully saturated rings. The molecule has 2 aromatic carbocycles. The van der Waals surface area contributed by atoms with E-state index in [1.165, 1.54) is 24.3 Å². The number of para-hydroxylation sites is 1. The molecule has 2 aromatic rings. The first-order chi connectivity index (χ1) is 10.5. The minimum atomic E-state index is -1.07. The average Bonchev–Trinajstić information content (AvgIpc) is 2.48. The number of carboxylic acid groups (broad SMARTS) is 2. The maximum absolute atomic E-state index is 10.9. The van der Waals surface area contributed by atoms with Gasteiger partial charge < -0.3 is 19.7 Å². The lowest BCUT2D eigenvalue weighted by molar-refractivity contribution is -0.142. The van der Waals surface area contributed by atoms with Crippen molar-refractivity contribution < 1.29 is 29.3 Å². The largest absolute Gasteiger partial charge is 0.481 e. The smallest absolute Gasteiger partial charge is 0.335 e. The number of aliphatic carboxylic acids is 1. The van der Waals surface area contributed by atoms with Gasteiger partial charge in [-0.2, -0.15) is 0 Å². The van der Waals surface area contributed by atoms with Gasteiger partial charge in [0.1, 0.15) is 17.9 Å². The Hall–Kier alpha value is -3.02. The van der Waals surface area contributed by atoms with E-state index in [9.17, 15) is 9.59 Å². The molecule has 0 bridgehead atoms. The lowest BCUT2D eigenvalue weighted by atomic mass is 10.2. The summed E-state index contributed by atoms with van der Waals surface area (Å²) in [6.45, 7) is 0. The van der Waals surface area contributed by atoms with Crippen molar-refractivity contribution in [1.29, 1.82) is 0 Å². The molecule has 2 N–H and O–H groups in total. The summed E-state index contributed by atoms with van der Waals surface area (Å²) in [5.41, 5.74) is 0.117. The van der Waals surface area contributed by atoms with E-state index in [2.05, 4.69) is 0 Å². The van der Waals surface area contributed by atoms with Gasteiger partial charge >= 0.3 is 11.9 Å². The number of ether oxygens (including phenoxy) is 2. The van der Waals surface area contributed by atoms with Crippen molar-refractivity contribution in [3.8, 4) is 11.5 Å². The monoisotopic (exact) mass is 302 g/mol. The van der Waals surface area contributed by atoms with Gasteiger partial charge in [0, 0.05) is 0 Å². The molecule has 1 unspecified atom stereocenters. The van der Waals surface area contributed by atoms with E-state index in [1.807, 2.05) is 6.07 Å². The molecule has 0 aliphatic carbocycles. The molecule has 0 saturated heterocycles. The highest BCUT2D eigenvalue weighted by Crippen LogP contribution is 2.18. The Morgan fingerprint density at radius 3 is 1.91 bits per heavy atom. The molecule has 0 aliphatic heterocycles. The Balaban J connectivity index is 2.08. The van der Waals surface area contributed by atoms with Gasteiger partial charge in [0.25, 0.3) is 6.29 Å². The molecular formula is C16H14O6. The van der Waals surface area contributed by atoms with Crippen LogP contribution in [0.2, 0.25) is 0 Å². The van der Waals surface area contributed by atoms with E-state index in [1.54, 1.807) is 24.3 Å². The van der Waals surface area contributed by atoms with Gasteiger partial charge in [-0.15, -0.1) is 0 Å². The number of hydrogen-bond acceptors (Lipinski definition) is 4. The lowest BCUT2D eigenvalue weighted by Crippen LogP contribution is -2.27. The SMILES string of the molecule is O=C(O)CC(Oc1ccccc1)Oc1ccc(C(=O)O)cc1. The van der Waals surface area contributed by atoms with Gasteiger partial charge in [-0.3, -0.25) is 4.79 Å². The van der Waals surface area contributed by atoms with Gasteiger partial charge in [-0.25, -0.2) is 4.79 Å². The predicted octanol–water partition coefficient (Wildman–Crippen LogP) is 2.64. The lowest BCUT2D eigenvalue weighted by Gasteiger charge is -2.19. The Labute approximate surface area is 126 Å². The van der Waals surface area contributed by atoms with Crippen LogP contribution in [0.15, 0.2) is 54.6 Å². The fourth-order valence-corrected chi connectivity index (χ4v) is 1.73. The zero-order chi connectivity index (χ0) is 15.9. The fraction of sp³-hybridized carbons (Fsp3) is 0.125. The molecule has 0 heterocycles. The van der Waals surface area contributed by atoms with E-state index in [0.29, 0.717) is 11.5 Å². The number of hydrogen-bond donors (Lipinski definition) is 2. The third-order valence-corrected chi connectivity index (χ3v) is 2.72. The molecule has 0 aromatic heterocycles. The van der Waals surface area contributed by atoms with Crippen LogP contribution in [-0.2, 0) is 4.79 Å². The molecule has 0 saturated carbocycles. The normalized spacial score (nSPS) is 11.5. The summed E-state index contributed by atoms with van der Waals surface area (Å²) in [6.07, 6.45) is -1.37. The molecular weight excluding hydrogens is 288 g/mol. The molecule has 114 valence electrons. The van der Waals surface area contributed by atoms with E-state index in [-0.39, 0.29) is 12.0 Å². The average molecular weight is 302 g/mol. The molecule has 2 rings (SSSR count). The van der Waals surface area contributed by atoms with Crippen LogP contribution < -0.4 is 9.47 Å². The highest BCUT2D eigenvalue weighted by molar-refractivity contribution is 5.87. The van der Waals surface area contributed by atoms with Crippen molar-refractivity contribution in [2.45, 2.75) is 12.7 Å². The summed E-state index contributed by atoms with van der Waals surface area (Å²) in [5.74, 6) is -1.31. The maximum atomic E-state index is 10.9. The van der Waals surface area contributed by atoms with Crippen molar-refractivity contribution in [3.63, 3.8) is 0 Å². The molecule has 0 radical (unpaired) electrons. The quantitative estimate of drug-likeness (QED) is 0.764. The molecule has 0 aliphatic rings. The predicted molar refractivity (Wildman–Crippen MR) is 77.1 cm³/mol. The number of rotatable bonds is 7. The number of carbonyl (C=O) groups is 2. The zero-order valence-electron chi connectivity index (χ0n) is 11.5. The molecule has 6 nitrogen and oxygen atoms in total. The van der Waals surface area contributed by atoms with Crippen molar-refractivity contribution >= 4 is 11.9 Å². The first-order valence-corrected chi connectivity index (χ1v) is 6.48. The summed E-state index contributed by atoms with van der Waals surface area (Å²) >= 11 is 0. The second-order valence-electron chi connectivity index (χ2n) is 4.41. The van der Waals surface area contributed by atoms with Crippen molar-refractivity contribution in [3.05, 3.63) is 60.2 Å². The number of benzene rings is 2. The van der Waals surface area contributed by atoms with Crippen LogP contribution in [0.3, 0.4) is 0 Å². The Morgan fingerprint density at radius 1 is 0.864 bits per heavy atom. The number of aromatic carboxylic acids is 1. The minimum Gasteiger partial charge on any atom is -0.481 e. The number of carboxylic acids is 2. The highest BCUT2D eigenvalue weighted by Gasteiger charge is 2.17. The van der Waals surface area contributed by atoms with E-state index < -0.39 is 18.2 Å². The van der Waals surface area contributed by atoms with E-state index >= 15 is 0 Å². The summed E-state index contributed by atoms with van der Waals surface area (Å²) in [5, 5.41) is 17.7. The van der Waals surface area contributed by atoms with Crippen molar-refractivity contribution in [2.75, 3.05) is 0 Å². The summed E-state index contributed by atoms with van der Waals surface area (Å²) in [7, 11) is 0. The third kappa shape index (κ3) is 4.52. The fourth-order valence-electron chi connectivity index (χ4n) is 1.73. The second kappa shape index (κ2) is 7.12. The van der Waals surface area contributed by atoms with Crippen LogP contribution >= 0.6 is 0 Å². The van der Waals surface area contributed by atoms with Crippen LogP contribution in [0.1, 0.15) is 16.8 Å². The molecule has 0 amide bonds.